The first kappa shape index (κ1) is 14.5. The van der Waals surface area contributed by atoms with E-state index >= 15 is 0 Å². The number of nitrogens with one attached hydrogen (secondary N) is 1. The van der Waals surface area contributed by atoms with Crippen LogP contribution in [0.3, 0.4) is 0 Å². The Balaban J connectivity index is 1.74. The summed E-state index contributed by atoms with van der Waals surface area (Å²) in [6.45, 7) is 0.854. The molecule has 0 saturated carbocycles. The molecule has 7 heteroatoms. The Morgan fingerprint density at radius 1 is 1.43 bits per heavy atom. The number of ether oxygens (including phenoxy) is 1. The molecule has 1 atom stereocenters. The molecule has 21 heavy (non-hydrogen) atoms. The van der Waals surface area contributed by atoms with Crippen molar-refractivity contribution in [2.45, 2.75) is 31.9 Å². The third-order valence-corrected chi connectivity index (χ3v) is 5.78. The molecule has 1 saturated heterocycles. The van der Waals surface area contributed by atoms with Crippen LogP contribution in [0, 0.1) is 0 Å². The van der Waals surface area contributed by atoms with Crippen LogP contribution in [0.1, 0.15) is 34.5 Å². The molecular weight excluding hydrogens is 310 g/mol. The number of rotatable bonds is 4. The third-order valence-electron chi connectivity index (χ3n) is 3.50. The number of hydrogen-bond donors (Lipinski definition) is 2. The first-order chi connectivity index (χ1) is 10.2. The van der Waals surface area contributed by atoms with Crippen LogP contribution in [0.2, 0.25) is 0 Å². The highest BCUT2D eigenvalue weighted by atomic mass is 32.1. The monoisotopic (exact) mass is 325 g/mol. The van der Waals surface area contributed by atoms with Gasteiger partial charge in [0, 0.05) is 23.4 Å². The number of carbonyl (C=O) groups excluding carboxylic acids is 1. The summed E-state index contributed by atoms with van der Waals surface area (Å²) < 4.78 is 7.34. The predicted octanol–water partition coefficient (Wildman–Crippen LogP) is 2.85. The van der Waals surface area contributed by atoms with Crippen LogP contribution in [-0.4, -0.2) is 29.7 Å². The lowest BCUT2D eigenvalue weighted by Gasteiger charge is -2.21. The summed E-state index contributed by atoms with van der Waals surface area (Å²) in [5.74, 6) is -1.09. The molecule has 0 aromatic carbocycles. The van der Waals surface area contributed by atoms with Crippen molar-refractivity contribution in [3.8, 4) is 0 Å². The number of carboxylic acids is 1. The van der Waals surface area contributed by atoms with Gasteiger partial charge in [-0.2, -0.15) is 0 Å². The topological polar surface area (TPSA) is 75.6 Å². The van der Waals surface area contributed by atoms with Gasteiger partial charge in [-0.15, -0.1) is 22.7 Å². The highest BCUT2D eigenvalue weighted by molar-refractivity contribution is 7.28. The van der Waals surface area contributed by atoms with Gasteiger partial charge in [0.25, 0.3) is 0 Å². The first-order valence-corrected chi connectivity index (χ1v) is 8.48. The van der Waals surface area contributed by atoms with Gasteiger partial charge in [-0.3, -0.25) is 4.79 Å². The molecule has 5 nitrogen and oxygen atoms in total. The molecule has 2 N–H and O–H groups in total. The van der Waals surface area contributed by atoms with Crippen molar-refractivity contribution in [2.75, 3.05) is 6.61 Å². The van der Waals surface area contributed by atoms with Crippen LogP contribution < -0.4 is 5.32 Å². The van der Waals surface area contributed by atoms with Crippen molar-refractivity contribution in [3.05, 3.63) is 21.9 Å². The summed E-state index contributed by atoms with van der Waals surface area (Å²) in [7, 11) is 0. The summed E-state index contributed by atoms with van der Waals surface area (Å²) in [6.07, 6.45) is 2.32. The van der Waals surface area contributed by atoms with Gasteiger partial charge >= 0.3 is 5.97 Å². The van der Waals surface area contributed by atoms with Gasteiger partial charge in [0.1, 0.15) is 11.0 Å². The standard InChI is InChI=1S/C14H15NO4S2/c16-13(9-3-1-2-5-19-9)15-7-8-11-10(4-6-20-11)21-12(8)14(17)18/h4,6,9H,1-3,5,7H2,(H,15,16)(H,17,18). The van der Waals surface area contributed by atoms with Crippen LogP contribution in [0.4, 0.5) is 0 Å². The molecule has 1 aliphatic heterocycles. The van der Waals surface area contributed by atoms with Crippen LogP contribution in [0.5, 0.6) is 0 Å². The Kier molecular flexibility index (Phi) is 4.23. The zero-order valence-electron chi connectivity index (χ0n) is 11.3. The Hall–Kier alpha value is -1.44. The summed E-state index contributed by atoms with van der Waals surface area (Å²) >= 11 is 2.76. The second kappa shape index (κ2) is 6.13. The normalized spacial score (nSPS) is 18.8. The predicted molar refractivity (Wildman–Crippen MR) is 82.1 cm³/mol. The number of thiophene rings is 2. The molecule has 1 aliphatic rings. The lowest BCUT2D eigenvalue weighted by Crippen LogP contribution is -2.38. The Labute approximate surface area is 129 Å². The molecule has 3 rings (SSSR count). The van der Waals surface area contributed by atoms with E-state index in [0.717, 1.165) is 28.7 Å². The minimum atomic E-state index is -0.943. The fourth-order valence-electron chi connectivity index (χ4n) is 2.44. The Morgan fingerprint density at radius 2 is 2.29 bits per heavy atom. The number of fused-ring (bicyclic) bond motifs is 1. The number of carboxylic acid groups (broad SMARTS) is 1. The van der Waals surface area contributed by atoms with Crippen molar-refractivity contribution in [3.63, 3.8) is 0 Å². The third kappa shape index (κ3) is 2.95. The van der Waals surface area contributed by atoms with E-state index in [1.54, 1.807) is 0 Å². The van der Waals surface area contributed by atoms with Crippen LogP contribution in [0.25, 0.3) is 9.40 Å². The van der Waals surface area contributed by atoms with E-state index in [1.807, 2.05) is 11.4 Å². The summed E-state index contributed by atoms with van der Waals surface area (Å²) in [5.41, 5.74) is 0.696. The maximum Gasteiger partial charge on any atom is 0.346 e. The highest BCUT2D eigenvalue weighted by Crippen LogP contribution is 2.35. The van der Waals surface area contributed by atoms with Gasteiger partial charge in [0.15, 0.2) is 0 Å². The number of amides is 1. The Morgan fingerprint density at radius 3 is 3.00 bits per heavy atom. The van der Waals surface area contributed by atoms with Crippen LogP contribution in [-0.2, 0) is 16.1 Å². The molecule has 112 valence electrons. The molecule has 0 radical (unpaired) electrons. The van der Waals surface area contributed by atoms with E-state index in [9.17, 15) is 14.7 Å². The van der Waals surface area contributed by atoms with Gasteiger partial charge in [-0.25, -0.2) is 4.79 Å². The molecule has 1 amide bonds. The fourth-order valence-corrected chi connectivity index (χ4v) is 4.66. The number of carbonyl (C=O) groups is 2. The van der Waals surface area contributed by atoms with Crippen molar-refractivity contribution in [1.82, 2.24) is 5.32 Å². The minimum absolute atomic E-state index is 0.151. The Bertz CT molecular complexity index is 670. The van der Waals surface area contributed by atoms with Gasteiger partial charge < -0.3 is 15.2 Å². The molecule has 0 bridgehead atoms. The van der Waals surface area contributed by atoms with E-state index < -0.39 is 12.1 Å². The maximum absolute atomic E-state index is 12.1. The van der Waals surface area contributed by atoms with E-state index in [2.05, 4.69) is 5.32 Å². The molecule has 2 aromatic rings. The van der Waals surface area contributed by atoms with Crippen molar-refractivity contribution in [2.24, 2.45) is 0 Å². The molecule has 2 aromatic heterocycles. The summed E-state index contributed by atoms with van der Waals surface area (Å²) in [4.78, 5) is 23.7. The van der Waals surface area contributed by atoms with Crippen LogP contribution >= 0.6 is 22.7 Å². The van der Waals surface area contributed by atoms with Crippen molar-refractivity contribution >= 4 is 43.9 Å². The van der Waals surface area contributed by atoms with E-state index in [1.165, 1.54) is 22.7 Å². The van der Waals surface area contributed by atoms with E-state index in [0.29, 0.717) is 17.0 Å². The second-order valence-corrected chi connectivity index (χ2v) is 6.87. The van der Waals surface area contributed by atoms with Gasteiger partial charge in [-0.1, -0.05) is 0 Å². The minimum Gasteiger partial charge on any atom is -0.477 e. The molecule has 3 heterocycles. The fraction of sp³-hybridized carbons (Fsp3) is 0.429. The molecular formula is C14H15NO4S2. The molecule has 0 aliphatic carbocycles. The zero-order chi connectivity index (χ0) is 14.8. The van der Waals surface area contributed by atoms with E-state index in [-0.39, 0.29) is 12.5 Å². The van der Waals surface area contributed by atoms with Gasteiger partial charge in [-0.05, 0) is 30.7 Å². The first-order valence-electron chi connectivity index (χ1n) is 6.78. The van der Waals surface area contributed by atoms with Gasteiger partial charge in [0.2, 0.25) is 5.91 Å². The smallest absolute Gasteiger partial charge is 0.346 e. The highest BCUT2D eigenvalue weighted by Gasteiger charge is 2.24. The maximum atomic E-state index is 12.1. The lowest BCUT2D eigenvalue weighted by molar-refractivity contribution is -0.135. The number of aromatic carboxylic acids is 1. The lowest BCUT2D eigenvalue weighted by atomic mass is 10.1. The SMILES string of the molecule is O=C(O)c1sc2ccsc2c1CNC(=O)C1CCCCO1. The van der Waals surface area contributed by atoms with Crippen molar-refractivity contribution < 1.29 is 19.4 Å². The van der Waals surface area contributed by atoms with Crippen molar-refractivity contribution in [1.29, 1.82) is 0 Å². The van der Waals surface area contributed by atoms with Crippen LogP contribution in [0.15, 0.2) is 11.4 Å². The molecule has 0 spiro atoms. The number of hydrogen-bond acceptors (Lipinski definition) is 5. The molecule has 1 fully saturated rings. The summed E-state index contributed by atoms with van der Waals surface area (Å²) in [6, 6.07) is 1.91. The largest absolute Gasteiger partial charge is 0.477 e. The average Bonchev–Trinajstić information content (AvgIpc) is 3.06. The van der Waals surface area contributed by atoms with Gasteiger partial charge in [0.05, 0.1) is 4.70 Å². The second-order valence-electron chi connectivity index (χ2n) is 4.90. The zero-order valence-corrected chi connectivity index (χ0v) is 12.9. The average molecular weight is 325 g/mol. The van der Waals surface area contributed by atoms with E-state index in [4.69, 9.17) is 4.74 Å². The molecule has 1 unspecified atom stereocenters. The quantitative estimate of drug-likeness (QED) is 0.906. The summed E-state index contributed by atoms with van der Waals surface area (Å²) in [5, 5.41) is 14.0.